The molecule has 0 heterocycles. The first kappa shape index (κ1) is 47.9. The van der Waals surface area contributed by atoms with Gasteiger partial charge in [0.15, 0.2) is 0 Å². The number of hydrogen-bond acceptors (Lipinski definition) is 2. The minimum absolute atomic E-state index is 0.448. The van der Waals surface area contributed by atoms with Crippen LogP contribution < -0.4 is 0 Å². The van der Waals surface area contributed by atoms with Gasteiger partial charge in [-0.15, -0.1) is 0 Å². The Labute approximate surface area is 376 Å². The molecule has 0 saturated heterocycles. The van der Waals surface area contributed by atoms with Crippen molar-refractivity contribution in [1.29, 1.82) is 0 Å². The van der Waals surface area contributed by atoms with Crippen molar-refractivity contribution < 1.29 is 0 Å². The van der Waals surface area contributed by atoms with Gasteiger partial charge in [-0.25, -0.2) is 0 Å². The van der Waals surface area contributed by atoms with Crippen molar-refractivity contribution in [1.82, 2.24) is 9.80 Å². The molecule has 2 heteroatoms. The summed E-state index contributed by atoms with van der Waals surface area (Å²) in [7, 11) is 0. The van der Waals surface area contributed by atoms with E-state index in [1.807, 2.05) is 0 Å². The molecule has 7 aliphatic carbocycles. The van der Waals surface area contributed by atoms with E-state index >= 15 is 0 Å². The molecule has 348 valence electrons. The Morgan fingerprint density at radius 1 is 0.333 bits per heavy atom. The molecular formula is C58H106N2. The van der Waals surface area contributed by atoms with Crippen molar-refractivity contribution >= 4 is 0 Å². The molecule has 0 bridgehead atoms. The van der Waals surface area contributed by atoms with Gasteiger partial charge in [0.05, 0.1) is 0 Å². The third-order valence-corrected chi connectivity index (χ3v) is 21.9. The number of nitrogens with zero attached hydrogens (tertiary/aromatic N) is 2. The summed E-state index contributed by atoms with van der Waals surface area (Å²) in [6, 6.07) is 4.92. The largest absolute Gasteiger partial charge is 0.294 e. The van der Waals surface area contributed by atoms with Crippen molar-refractivity contribution in [2.45, 2.75) is 287 Å². The molecule has 0 aromatic carbocycles. The van der Waals surface area contributed by atoms with Crippen LogP contribution in [0.15, 0.2) is 0 Å². The average molecular weight is 831 g/mol. The van der Waals surface area contributed by atoms with Crippen LogP contribution in [-0.4, -0.2) is 46.1 Å². The highest BCUT2D eigenvalue weighted by Gasteiger charge is 2.60. The lowest BCUT2D eigenvalue weighted by molar-refractivity contribution is -0.168. The maximum Gasteiger partial charge on any atom is 0.0164 e. The number of fused-ring (bicyclic) bond motifs is 2. The van der Waals surface area contributed by atoms with Crippen molar-refractivity contribution in [3.05, 3.63) is 0 Å². The Morgan fingerprint density at radius 3 is 0.867 bits per heavy atom. The molecule has 0 aliphatic heterocycles. The summed E-state index contributed by atoms with van der Waals surface area (Å²) in [5, 5.41) is 0. The van der Waals surface area contributed by atoms with Gasteiger partial charge in [-0.1, -0.05) is 110 Å². The van der Waals surface area contributed by atoms with Crippen LogP contribution in [0.25, 0.3) is 0 Å². The molecule has 7 aliphatic rings. The second kappa shape index (κ2) is 19.0. The third kappa shape index (κ3) is 10.2. The van der Waals surface area contributed by atoms with Crippen LogP contribution in [0, 0.1) is 80.8 Å². The van der Waals surface area contributed by atoms with Crippen LogP contribution in [-0.2, 0) is 0 Å². The molecule has 8 atom stereocenters. The highest BCUT2D eigenvalue weighted by Crippen LogP contribution is 2.61. The van der Waals surface area contributed by atoms with Crippen LogP contribution >= 0.6 is 0 Å². The molecule has 0 amide bonds. The molecule has 0 aromatic rings. The highest BCUT2D eigenvalue weighted by molar-refractivity contribution is 5.13. The lowest BCUT2D eigenvalue weighted by Crippen LogP contribution is -2.70. The van der Waals surface area contributed by atoms with Gasteiger partial charge in [0.1, 0.15) is 0 Å². The maximum atomic E-state index is 3.52. The zero-order chi connectivity index (χ0) is 43.4. The Morgan fingerprint density at radius 2 is 0.600 bits per heavy atom. The van der Waals surface area contributed by atoms with Crippen molar-refractivity contribution in [3.63, 3.8) is 0 Å². The van der Waals surface area contributed by atoms with Gasteiger partial charge in [-0.3, -0.25) is 9.80 Å². The van der Waals surface area contributed by atoms with Gasteiger partial charge in [-0.2, -0.15) is 0 Å². The second-order valence-corrected chi connectivity index (χ2v) is 27.8. The van der Waals surface area contributed by atoms with Crippen molar-refractivity contribution in [3.8, 4) is 0 Å². The highest BCUT2D eigenvalue weighted by atomic mass is 15.3. The molecule has 0 N–H and O–H groups in total. The van der Waals surface area contributed by atoms with Crippen LogP contribution in [0.4, 0.5) is 0 Å². The van der Waals surface area contributed by atoms with Crippen LogP contribution in [0.5, 0.6) is 0 Å². The summed E-state index contributed by atoms with van der Waals surface area (Å²) in [6.45, 7) is 36.3. The maximum absolute atomic E-state index is 3.52. The minimum Gasteiger partial charge on any atom is -0.294 e. The van der Waals surface area contributed by atoms with Crippen molar-refractivity contribution in [2.24, 2.45) is 80.8 Å². The second-order valence-electron chi connectivity index (χ2n) is 27.8. The predicted octanol–water partition coefficient (Wildman–Crippen LogP) is 16.6. The summed E-state index contributed by atoms with van der Waals surface area (Å²) < 4.78 is 0. The topological polar surface area (TPSA) is 6.48 Å². The van der Waals surface area contributed by atoms with Gasteiger partial charge in [0, 0.05) is 36.3 Å². The smallest absolute Gasteiger partial charge is 0.0164 e. The van der Waals surface area contributed by atoms with Gasteiger partial charge < -0.3 is 0 Å². The first-order valence-electron chi connectivity index (χ1n) is 27.8. The van der Waals surface area contributed by atoms with Crippen LogP contribution in [0.1, 0.15) is 251 Å². The monoisotopic (exact) mass is 831 g/mol. The molecule has 2 nitrogen and oxygen atoms in total. The van der Waals surface area contributed by atoms with E-state index in [-0.39, 0.29) is 0 Å². The standard InChI is InChI=1S/C58H106N2/c1-15-57(11,12)43-25-35-49-51(37-43)53(59(45-27-17-39(3)18-28-45)47-31-21-41(22-32-47)55(5,6)7)50-36-26-44(58(13,14)16-2)38-52(50)54(49)60(46-29-19-40(4)20-30-46)48-33-23-42(24-34-48)56(8,9)10/h39-54H,15-38H2,1-14H3. The van der Waals surface area contributed by atoms with E-state index in [2.05, 4.69) is 107 Å². The van der Waals surface area contributed by atoms with E-state index in [1.165, 1.54) is 154 Å². The lowest BCUT2D eigenvalue weighted by Gasteiger charge is -2.66. The normalized spacial score (nSPS) is 42.8. The van der Waals surface area contributed by atoms with E-state index in [0.717, 1.165) is 95.4 Å². The van der Waals surface area contributed by atoms with E-state index < -0.39 is 0 Å². The molecule has 7 saturated carbocycles. The Balaban J connectivity index is 1.35. The summed E-state index contributed by atoms with van der Waals surface area (Å²) in [5.41, 5.74) is 1.79. The fourth-order valence-corrected chi connectivity index (χ4v) is 16.7. The molecule has 8 unspecified atom stereocenters. The van der Waals surface area contributed by atoms with Crippen molar-refractivity contribution in [2.75, 3.05) is 0 Å². The Hall–Kier alpha value is -0.0800. The van der Waals surface area contributed by atoms with Crippen LogP contribution in [0.3, 0.4) is 0 Å². The quantitative estimate of drug-likeness (QED) is 0.216. The first-order chi connectivity index (χ1) is 28.2. The molecular weight excluding hydrogens is 725 g/mol. The molecule has 0 spiro atoms. The van der Waals surface area contributed by atoms with Crippen LogP contribution in [0.2, 0.25) is 0 Å². The minimum atomic E-state index is 0.448. The zero-order valence-corrected chi connectivity index (χ0v) is 43.1. The number of hydrogen-bond donors (Lipinski definition) is 0. The van der Waals surface area contributed by atoms with Gasteiger partial charge >= 0.3 is 0 Å². The van der Waals surface area contributed by atoms with Gasteiger partial charge in [0.2, 0.25) is 0 Å². The number of rotatable bonds is 10. The van der Waals surface area contributed by atoms with Gasteiger partial charge in [0.25, 0.3) is 0 Å². The first-order valence-corrected chi connectivity index (χ1v) is 27.8. The van der Waals surface area contributed by atoms with E-state index in [4.69, 9.17) is 0 Å². The molecule has 7 rings (SSSR count). The lowest BCUT2D eigenvalue weighted by atomic mass is 9.48. The summed E-state index contributed by atoms with van der Waals surface area (Å²) in [6.07, 6.45) is 35.3. The average Bonchev–Trinajstić information content (AvgIpc) is 3.22. The molecule has 0 aromatic heterocycles. The fraction of sp³-hybridized carbons (Fsp3) is 1.00. The van der Waals surface area contributed by atoms with E-state index in [9.17, 15) is 0 Å². The zero-order valence-electron chi connectivity index (χ0n) is 43.1. The van der Waals surface area contributed by atoms with Gasteiger partial charge in [-0.05, 0) is 222 Å². The summed E-state index contributed by atoms with van der Waals surface area (Å²) >= 11 is 0. The van der Waals surface area contributed by atoms with E-state index in [0.29, 0.717) is 21.7 Å². The molecule has 60 heavy (non-hydrogen) atoms. The summed E-state index contributed by atoms with van der Waals surface area (Å²) in [4.78, 5) is 7.04. The fourth-order valence-electron chi connectivity index (χ4n) is 16.7. The summed E-state index contributed by atoms with van der Waals surface area (Å²) in [5.74, 6) is 8.95. The predicted molar refractivity (Wildman–Crippen MR) is 261 cm³/mol. The van der Waals surface area contributed by atoms with E-state index in [1.54, 1.807) is 0 Å². The molecule has 7 fully saturated rings. The Bertz CT molecular complexity index is 1210. The Kier molecular flexibility index (Phi) is 15.2. The molecule has 0 radical (unpaired) electrons. The third-order valence-electron chi connectivity index (χ3n) is 21.9. The SMILES string of the molecule is CCC(C)(C)C1CCC2C(C1)C(N(C1CCC(C)CC1)C1CCC(C(C)(C)C)CC1)C1CCC(C(C)(C)CC)CC1C2N(C1CCC(C)CC1)C1CCC(C(C)(C)C)CC1.